The molecule has 0 bridgehead atoms. The van der Waals surface area contributed by atoms with Crippen LogP contribution in [0.5, 0.6) is 0 Å². The molecule has 0 aliphatic heterocycles. The zero-order valence-corrected chi connectivity index (χ0v) is 10.5. The van der Waals surface area contributed by atoms with Gasteiger partial charge in [0.25, 0.3) is 0 Å². The third-order valence-electron chi connectivity index (χ3n) is 3.05. The molecule has 7 heteroatoms. The van der Waals surface area contributed by atoms with Gasteiger partial charge >= 0.3 is 0 Å². The second kappa shape index (κ2) is 4.49. The fraction of sp³-hybridized carbons (Fsp3) is 0.636. The normalized spacial score (nSPS) is 18.5. The van der Waals surface area contributed by atoms with Crippen LogP contribution in [0.4, 0.5) is 0 Å². The maximum atomic E-state index is 5.86. The van der Waals surface area contributed by atoms with E-state index in [9.17, 15) is 0 Å². The SMILES string of the molecule is CC(C)COC1Cc2n[nH]c(-c3nnn[nH]3)c2C1. The molecule has 2 aromatic heterocycles. The average molecular weight is 248 g/mol. The van der Waals surface area contributed by atoms with Gasteiger partial charge in [-0.15, -0.1) is 5.10 Å². The van der Waals surface area contributed by atoms with Crippen molar-refractivity contribution in [3.05, 3.63) is 11.3 Å². The van der Waals surface area contributed by atoms with Crippen LogP contribution >= 0.6 is 0 Å². The summed E-state index contributed by atoms with van der Waals surface area (Å²) < 4.78 is 5.86. The van der Waals surface area contributed by atoms with Crippen LogP contribution in [-0.2, 0) is 17.6 Å². The largest absolute Gasteiger partial charge is 0.377 e. The summed E-state index contributed by atoms with van der Waals surface area (Å²) in [5, 5.41) is 21.1. The monoisotopic (exact) mass is 248 g/mol. The van der Waals surface area contributed by atoms with Crippen LogP contribution in [0.15, 0.2) is 0 Å². The van der Waals surface area contributed by atoms with E-state index < -0.39 is 0 Å². The Labute approximate surface area is 104 Å². The number of H-pyrrole nitrogens is 2. The molecule has 2 aromatic rings. The van der Waals surface area contributed by atoms with Crippen molar-refractivity contribution in [2.24, 2.45) is 5.92 Å². The lowest BCUT2D eigenvalue weighted by atomic mass is 10.2. The van der Waals surface area contributed by atoms with E-state index in [1.807, 2.05) is 0 Å². The molecule has 1 atom stereocenters. The van der Waals surface area contributed by atoms with Crippen LogP contribution < -0.4 is 0 Å². The molecule has 7 nitrogen and oxygen atoms in total. The summed E-state index contributed by atoms with van der Waals surface area (Å²) in [7, 11) is 0. The van der Waals surface area contributed by atoms with Crippen LogP contribution in [0.1, 0.15) is 25.1 Å². The first kappa shape index (κ1) is 11.3. The van der Waals surface area contributed by atoms with Crippen LogP contribution in [0.2, 0.25) is 0 Å². The van der Waals surface area contributed by atoms with Gasteiger partial charge < -0.3 is 4.74 Å². The number of hydrogen-bond acceptors (Lipinski definition) is 5. The van der Waals surface area contributed by atoms with Gasteiger partial charge in [-0.25, -0.2) is 5.10 Å². The fourth-order valence-corrected chi connectivity index (χ4v) is 2.21. The number of aromatic nitrogens is 6. The third-order valence-corrected chi connectivity index (χ3v) is 3.05. The lowest BCUT2D eigenvalue weighted by molar-refractivity contribution is 0.0423. The third kappa shape index (κ3) is 2.01. The van der Waals surface area contributed by atoms with Crippen molar-refractivity contribution in [3.8, 4) is 11.5 Å². The lowest BCUT2D eigenvalue weighted by Crippen LogP contribution is -2.16. The van der Waals surface area contributed by atoms with Crippen LogP contribution in [-0.4, -0.2) is 43.5 Å². The molecule has 0 aromatic carbocycles. The number of ether oxygens (including phenoxy) is 1. The van der Waals surface area contributed by atoms with Crippen molar-refractivity contribution in [2.75, 3.05) is 6.61 Å². The standard InChI is InChI=1S/C11H16N6O/c1-6(2)5-18-7-3-8-9(4-7)12-13-10(8)11-14-16-17-15-11/h6-7H,3-5H2,1-2H3,(H,12,13)(H,14,15,16,17). The Morgan fingerprint density at radius 2 is 2.22 bits per heavy atom. The van der Waals surface area contributed by atoms with E-state index in [1.54, 1.807) is 0 Å². The van der Waals surface area contributed by atoms with E-state index in [0.29, 0.717) is 11.7 Å². The first-order chi connectivity index (χ1) is 8.74. The van der Waals surface area contributed by atoms with Gasteiger partial charge in [0.1, 0.15) is 5.69 Å². The van der Waals surface area contributed by atoms with Crippen molar-refractivity contribution in [2.45, 2.75) is 32.8 Å². The number of hydrogen-bond donors (Lipinski definition) is 2. The van der Waals surface area contributed by atoms with Crippen molar-refractivity contribution >= 4 is 0 Å². The Morgan fingerprint density at radius 3 is 2.94 bits per heavy atom. The maximum Gasteiger partial charge on any atom is 0.197 e. The zero-order valence-electron chi connectivity index (χ0n) is 10.5. The second-order valence-corrected chi connectivity index (χ2v) is 5.03. The fourth-order valence-electron chi connectivity index (χ4n) is 2.21. The highest BCUT2D eigenvalue weighted by molar-refractivity contribution is 5.56. The summed E-state index contributed by atoms with van der Waals surface area (Å²) in [6.07, 6.45) is 1.96. The molecule has 2 N–H and O–H groups in total. The summed E-state index contributed by atoms with van der Waals surface area (Å²) >= 11 is 0. The Morgan fingerprint density at radius 1 is 1.33 bits per heavy atom. The van der Waals surface area contributed by atoms with E-state index in [2.05, 4.69) is 44.7 Å². The van der Waals surface area contributed by atoms with Crippen molar-refractivity contribution in [3.63, 3.8) is 0 Å². The molecule has 0 amide bonds. The molecular formula is C11H16N6O. The first-order valence-corrected chi connectivity index (χ1v) is 6.16. The Kier molecular flexibility index (Phi) is 2.83. The van der Waals surface area contributed by atoms with Crippen molar-refractivity contribution in [1.82, 2.24) is 30.8 Å². The molecule has 2 heterocycles. The number of tetrazole rings is 1. The summed E-state index contributed by atoms with van der Waals surface area (Å²) in [6, 6.07) is 0. The molecule has 0 radical (unpaired) electrons. The zero-order chi connectivity index (χ0) is 12.5. The summed E-state index contributed by atoms with van der Waals surface area (Å²) in [6.45, 7) is 5.09. The Bertz CT molecular complexity index is 518. The van der Waals surface area contributed by atoms with Gasteiger partial charge in [-0.1, -0.05) is 13.8 Å². The molecule has 0 fully saturated rings. The van der Waals surface area contributed by atoms with Gasteiger partial charge in [0.05, 0.1) is 11.8 Å². The molecule has 3 rings (SSSR count). The predicted molar refractivity (Wildman–Crippen MR) is 63.7 cm³/mol. The Hall–Kier alpha value is -1.76. The molecule has 1 unspecified atom stereocenters. The quantitative estimate of drug-likeness (QED) is 0.832. The Balaban J connectivity index is 1.74. The molecule has 0 saturated heterocycles. The highest BCUT2D eigenvalue weighted by Crippen LogP contribution is 2.29. The average Bonchev–Trinajstić information content (AvgIpc) is 3.01. The smallest absolute Gasteiger partial charge is 0.197 e. The lowest BCUT2D eigenvalue weighted by Gasteiger charge is -2.13. The van der Waals surface area contributed by atoms with Crippen molar-refractivity contribution < 1.29 is 4.74 Å². The minimum absolute atomic E-state index is 0.231. The topological polar surface area (TPSA) is 92.4 Å². The van der Waals surface area contributed by atoms with Gasteiger partial charge in [0.2, 0.25) is 0 Å². The highest BCUT2D eigenvalue weighted by atomic mass is 16.5. The van der Waals surface area contributed by atoms with Gasteiger partial charge in [-0.2, -0.15) is 5.10 Å². The minimum atomic E-state index is 0.231. The number of nitrogens with zero attached hydrogens (tertiary/aromatic N) is 4. The molecule has 0 spiro atoms. The predicted octanol–water partition coefficient (Wildman–Crippen LogP) is 0.730. The first-order valence-electron chi connectivity index (χ1n) is 6.16. The number of rotatable bonds is 4. The molecular weight excluding hydrogens is 232 g/mol. The van der Waals surface area contributed by atoms with Crippen LogP contribution in [0, 0.1) is 5.92 Å². The van der Waals surface area contributed by atoms with E-state index in [0.717, 1.165) is 30.8 Å². The van der Waals surface area contributed by atoms with E-state index >= 15 is 0 Å². The van der Waals surface area contributed by atoms with Crippen LogP contribution in [0.25, 0.3) is 11.5 Å². The summed E-state index contributed by atoms with van der Waals surface area (Å²) in [5.41, 5.74) is 3.11. The van der Waals surface area contributed by atoms with Gasteiger partial charge in [-0.3, -0.25) is 5.10 Å². The van der Waals surface area contributed by atoms with E-state index in [-0.39, 0.29) is 6.10 Å². The summed E-state index contributed by atoms with van der Waals surface area (Å²) in [4.78, 5) is 0. The maximum absolute atomic E-state index is 5.86. The highest BCUT2D eigenvalue weighted by Gasteiger charge is 2.29. The van der Waals surface area contributed by atoms with Crippen LogP contribution in [0.3, 0.4) is 0 Å². The van der Waals surface area contributed by atoms with Gasteiger partial charge in [0.15, 0.2) is 5.82 Å². The molecule has 96 valence electrons. The molecule has 18 heavy (non-hydrogen) atoms. The summed E-state index contributed by atoms with van der Waals surface area (Å²) in [5.74, 6) is 1.19. The van der Waals surface area contributed by atoms with E-state index in [1.165, 1.54) is 5.56 Å². The second-order valence-electron chi connectivity index (χ2n) is 5.03. The molecule has 1 aliphatic carbocycles. The van der Waals surface area contributed by atoms with Gasteiger partial charge in [-0.05, 0) is 16.3 Å². The molecule has 0 saturated carbocycles. The number of fused-ring (bicyclic) bond motifs is 1. The number of aromatic amines is 2. The van der Waals surface area contributed by atoms with Crippen molar-refractivity contribution in [1.29, 1.82) is 0 Å². The van der Waals surface area contributed by atoms with E-state index in [4.69, 9.17) is 4.74 Å². The number of nitrogens with one attached hydrogen (secondary N) is 2. The minimum Gasteiger partial charge on any atom is -0.377 e. The van der Waals surface area contributed by atoms with Gasteiger partial charge in [0, 0.05) is 25.0 Å². The molecule has 1 aliphatic rings.